The Balaban J connectivity index is 1.98. The second-order valence-electron chi connectivity index (χ2n) is 7.38. The number of hydrogen-bond donors (Lipinski definition) is 2. The van der Waals surface area contributed by atoms with Crippen LogP contribution < -0.4 is 10.6 Å². The number of rotatable bonds is 6. The highest BCUT2D eigenvalue weighted by Gasteiger charge is 2.43. The van der Waals surface area contributed by atoms with E-state index in [-0.39, 0.29) is 17.1 Å². The minimum absolute atomic E-state index is 0.174. The summed E-state index contributed by atoms with van der Waals surface area (Å²) in [7, 11) is 0. The molecule has 1 aliphatic rings. The van der Waals surface area contributed by atoms with Gasteiger partial charge in [-0.15, -0.1) is 0 Å². The highest BCUT2D eigenvalue weighted by Crippen LogP contribution is 2.41. The lowest BCUT2D eigenvalue weighted by molar-refractivity contribution is -0.137. The molecular formula is C22H24ClF3N2O. The Labute approximate surface area is 173 Å². The maximum atomic E-state index is 13.2. The summed E-state index contributed by atoms with van der Waals surface area (Å²) in [5.74, 6) is -0.612. The second-order valence-corrected chi connectivity index (χ2v) is 7.75. The van der Waals surface area contributed by atoms with Crippen molar-refractivity contribution < 1.29 is 18.0 Å². The lowest BCUT2D eigenvalue weighted by Gasteiger charge is -2.39. The van der Waals surface area contributed by atoms with E-state index in [0.717, 1.165) is 43.9 Å². The van der Waals surface area contributed by atoms with Crippen molar-refractivity contribution in [3.63, 3.8) is 0 Å². The number of carbonyl (C=O) groups excluding carboxylic acids is 1. The van der Waals surface area contributed by atoms with Gasteiger partial charge < -0.3 is 10.6 Å². The third kappa shape index (κ3) is 4.59. The number of halogens is 4. The number of hydrogen-bond acceptors (Lipinski definition) is 2. The first kappa shape index (κ1) is 21.7. The number of carbonyl (C=O) groups is 1. The fourth-order valence-corrected chi connectivity index (χ4v) is 4.57. The molecule has 0 radical (unpaired) electrons. The van der Waals surface area contributed by atoms with Crippen LogP contribution in [0.15, 0.2) is 48.5 Å². The van der Waals surface area contributed by atoms with E-state index < -0.39 is 22.7 Å². The predicted octanol–water partition coefficient (Wildman–Crippen LogP) is 5.75. The summed E-state index contributed by atoms with van der Waals surface area (Å²) in [6, 6.07) is 12.5. The summed E-state index contributed by atoms with van der Waals surface area (Å²) in [4.78, 5) is 13.0. The molecule has 2 aromatic rings. The SMILES string of the molecule is CCNC1(C(NC(=O)c2cccc(C(F)(F)F)c2Cl)c2ccccc2)CCCC1. The van der Waals surface area contributed by atoms with E-state index in [0.29, 0.717) is 0 Å². The van der Waals surface area contributed by atoms with Gasteiger partial charge in [0.15, 0.2) is 0 Å². The third-order valence-corrected chi connectivity index (χ3v) is 5.94. The molecule has 0 spiro atoms. The van der Waals surface area contributed by atoms with Crippen LogP contribution >= 0.6 is 11.6 Å². The lowest BCUT2D eigenvalue weighted by Crippen LogP contribution is -2.54. The van der Waals surface area contributed by atoms with Crippen LogP contribution in [0.25, 0.3) is 0 Å². The Hall–Kier alpha value is -2.05. The summed E-state index contributed by atoms with van der Waals surface area (Å²) < 4.78 is 39.6. The third-order valence-electron chi connectivity index (χ3n) is 5.53. The van der Waals surface area contributed by atoms with Gasteiger partial charge >= 0.3 is 6.18 Å². The average Bonchev–Trinajstić information content (AvgIpc) is 3.15. The molecule has 1 unspecified atom stereocenters. The standard InChI is InChI=1S/C22H24ClF3N2O/c1-2-27-21(13-6-7-14-21)19(15-9-4-3-5-10-15)28-20(29)16-11-8-12-17(18(16)23)22(24,25)26/h3-5,8-12,19,27H,2,6-7,13-14H2,1H3,(H,28,29). The van der Waals surface area contributed by atoms with Gasteiger partial charge in [0.05, 0.1) is 22.2 Å². The summed E-state index contributed by atoms with van der Waals surface area (Å²) in [5.41, 5.74) is -0.621. The van der Waals surface area contributed by atoms with E-state index in [1.807, 2.05) is 37.3 Å². The number of nitrogens with one attached hydrogen (secondary N) is 2. The van der Waals surface area contributed by atoms with Gasteiger partial charge in [0.1, 0.15) is 0 Å². The van der Waals surface area contributed by atoms with Crippen molar-refractivity contribution in [3.05, 3.63) is 70.2 Å². The number of amides is 1. The molecule has 1 amide bonds. The van der Waals surface area contributed by atoms with Gasteiger partial charge in [0.25, 0.3) is 5.91 Å². The summed E-state index contributed by atoms with van der Waals surface area (Å²) in [6.07, 6.45) is -0.830. The maximum absolute atomic E-state index is 13.2. The van der Waals surface area contributed by atoms with E-state index >= 15 is 0 Å². The minimum atomic E-state index is -4.62. The molecule has 0 aromatic heterocycles. The molecule has 1 atom stereocenters. The summed E-state index contributed by atoms with van der Waals surface area (Å²) in [6.45, 7) is 2.73. The summed E-state index contributed by atoms with van der Waals surface area (Å²) in [5, 5.41) is 5.94. The molecule has 0 saturated heterocycles. The van der Waals surface area contributed by atoms with Crippen molar-refractivity contribution in [2.75, 3.05) is 6.54 Å². The van der Waals surface area contributed by atoms with Crippen molar-refractivity contribution in [2.24, 2.45) is 0 Å². The zero-order valence-corrected chi connectivity index (χ0v) is 16.9. The van der Waals surface area contributed by atoms with E-state index in [2.05, 4.69) is 10.6 Å². The van der Waals surface area contributed by atoms with E-state index in [1.54, 1.807) is 0 Å². The van der Waals surface area contributed by atoms with Crippen molar-refractivity contribution in [3.8, 4) is 0 Å². The van der Waals surface area contributed by atoms with Crippen molar-refractivity contribution >= 4 is 17.5 Å². The fraction of sp³-hybridized carbons (Fsp3) is 0.409. The van der Waals surface area contributed by atoms with Crippen LogP contribution in [0.2, 0.25) is 5.02 Å². The Kier molecular flexibility index (Phi) is 6.54. The smallest absolute Gasteiger partial charge is 0.343 e. The highest BCUT2D eigenvalue weighted by atomic mass is 35.5. The van der Waals surface area contributed by atoms with Crippen LogP contribution in [0, 0.1) is 0 Å². The van der Waals surface area contributed by atoms with E-state index in [9.17, 15) is 18.0 Å². The maximum Gasteiger partial charge on any atom is 0.417 e. The zero-order chi connectivity index (χ0) is 21.1. The van der Waals surface area contributed by atoms with Crippen LogP contribution in [0.1, 0.15) is 60.1 Å². The van der Waals surface area contributed by atoms with Crippen LogP contribution in [-0.4, -0.2) is 18.0 Å². The van der Waals surface area contributed by atoms with Gasteiger partial charge in [-0.3, -0.25) is 4.79 Å². The largest absolute Gasteiger partial charge is 0.417 e. The molecule has 2 N–H and O–H groups in total. The first-order valence-electron chi connectivity index (χ1n) is 9.75. The normalized spacial score (nSPS) is 17.1. The zero-order valence-electron chi connectivity index (χ0n) is 16.2. The van der Waals surface area contributed by atoms with Gasteiger partial charge in [0, 0.05) is 5.54 Å². The predicted molar refractivity (Wildman–Crippen MR) is 108 cm³/mol. The molecule has 1 saturated carbocycles. The molecule has 1 aliphatic carbocycles. The van der Waals surface area contributed by atoms with Crippen LogP contribution in [0.5, 0.6) is 0 Å². The van der Waals surface area contributed by atoms with Crippen molar-refractivity contribution in [1.29, 1.82) is 0 Å². The second kappa shape index (κ2) is 8.76. The Morgan fingerprint density at radius 1 is 1.10 bits per heavy atom. The molecular weight excluding hydrogens is 401 g/mol. The molecule has 0 heterocycles. The van der Waals surface area contributed by atoms with Gasteiger partial charge in [-0.25, -0.2) is 0 Å². The quantitative estimate of drug-likeness (QED) is 0.619. The molecule has 2 aromatic carbocycles. The number of likely N-dealkylation sites (N-methyl/N-ethyl adjacent to an activating group) is 1. The summed E-state index contributed by atoms with van der Waals surface area (Å²) >= 11 is 5.98. The monoisotopic (exact) mass is 424 g/mol. The van der Waals surface area contributed by atoms with Crippen molar-refractivity contribution in [1.82, 2.24) is 10.6 Å². The van der Waals surface area contributed by atoms with Gasteiger partial charge in [-0.2, -0.15) is 13.2 Å². The molecule has 29 heavy (non-hydrogen) atoms. The molecule has 0 bridgehead atoms. The molecule has 3 nitrogen and oxygen atoms in total. The van der Waals surface area contributed by atoms with Crippen LogP contribution in [0.4, 0.5) is 13.2 Å². The molecule has 1 fully saturated rings. The lowest BCUT2D eigenvalue weighted by atomic mass is 9.83. The topological polar surface area (TPSA) is 41.1 Å². The van der Waals surface area contributed by atoms with Gasteiger partial charge in [-0.1, -0.05) is 67.8 Å². The van der Waals surface area contributed by atoms with Gasteiger partial charge in [0.2, 0.25) is 0 Å². The first-order valence-corrected chi connectivity index (χ1v) is 10.1. The van der Waals surface area contributed by atoms with Crippen LogP contribution in [-0.2, 0) is 6.18 Å². The molecule has 156 valence electrons. The Morgan fingerprint density at radius 2 is 1.76 bits per heavy atom. The van der Waals surface area contributed by atoms with Gasteiger partial charge in [-0.05, 0) is 37.1 Å². The highest BCUT2D eigenvalue weighted by molar-refractivity contribution is 6.34. The van der Waals surface area contributed by atoms with E-state index in [4.69, 9.17) is 11.6 Å². The first-order chi connectivity index (χ1) is 13.8. The Bertz CT molecular complexity index is 849. The average molecular weight is 425 g/mol. The van der Waals surface area contributed by atoms with Crippen LogP contribution in [0.3, 0.4) is 0 Å². The van der Waals surface area contributed by atoms with E-state index in [1.165, 1.54) is 12.1 Å². The Morgan fingerprint density at radius 3 is 2.34 bits per heavy atom. The van der Waals surface area contributed by atoms with Crippen molar-refractivity contribution in [2.45, 2.75) is 50.4 Å². The number of benzene rings is 2. The molecule has 3 rings (SSSR count). The molecule has 7 heteroatoms. The minimum Gasteiger partial charge on any atom is -0.343 e. The molecule has 0 aliphatic heterocycles. The fourth-order valence-electron chi connectivity index (χ4n) is 4.25. The number of alkyl halides is 3.